The Kier molecular flexibility index (Phi) is 17.0. The second-order valence-electron chi connectivity index (χ2n) is 15.4. The van der Waals surface area contributed by atoms with Crippen LogP contribution >= 0.6 is 36.4 Å². The van der Waals surface area contributed by atoms with Crippen molar-refractivity contribution in [2.24, 2.45) is 4.99 Å². The maximum absolute atomic E-state index is 13.5. The molecule has 0 spiro atoms. The Bertz CT molecular complexity index is 2640. The van der Waals surface area contributed by atoms with Crippen LogP contribution in [0.4, 0.5) is 17.2 Å². The summed E-state index contributed by atoms with van der Waals surface area (Å²) in [6, 6.07) is 24.2. The highest BCUT2D eigenvalue weighted by atomic mass is 35.5. The Hall–Kier alpha value is -5.66. The van der Waals surface area contributed by atoms with Crippen LogP contribution in [0.3, 0.4) is 0 Å². The van der Waals surface area contributed by atoms with Gasteiger partial charge in [0.1, 0.15) is 35.0 Å². The zero-order valence-electron chi connectivity index (χ0n) is 37.0. The normalized spacial score (nSPS) is 13.7. The number of aliphatic imine (C=N–C) groups is 1. The van der Waals surface area contributed by atoms with Crippen LogP contribution in [-0.2, 0) is 35.0 Å². The van der Waals surface area contributed by atoms with Crippen molar-refractivity contribution in [1.29, 1.82) is 0 Å². The van der Waals surface area contributed by atoms with E-state index in [1.165, 1.54) is 4.88 Å². The van der Waals surface area contributed by atoms with E-state index in [0.717, 1.165) is 61.4 Å². The van der Waals surface area contributed by atoms with Crippen molar-refractivity contribution < 1.29 is 33.3 Å². The number of hydrogen-bond acceptors (Lipinski definition) is 13. The van der Waals surface area contributed by atoms with Crippen LogP contribution in [0.1, 0.15) is 51.2 Å². The van der Waals surface area contributed by atoms with Crippen LogP contribution in [0.25, 0.3) is 16.1 Å². The van der Waals surface area contributed by atoms with Crippen LogP contribution < -0.4 is 20.7 Å². The van der Waals surface area contributed by atoms with Gasteiger partial charge >= 0.3 is 0 Å². The summed E-state index contributed by atoms with van der Waals surface area (Å²) in [5, 5.41) is 19.8. The van der Waals surface area contributed by atoms with Crippen molar-refractivity contribution in [3.05, 3.63) is 129 Å². The molecule has 18 heteroatoms. The van der Waals surface area contributed by atoms with Crippen LogP contribution in [0.5, 0.6) is 5.75 Å². The van der Waals surface area contributed by atoms with Crippen molar-refractivity contribution in [2.75, 3.05) is 82.0 Å². The number of anilines is 3. The molecule has 3 aromatic heterocycles. The van der Waals surface area contributed by atoms with Gasteiger partial charge in [-0.15, -0.1) is 21.5 Å². The number of benzene rings is 3. The number of rotatable bonds is 22. The van der Waals surface area contributed by atoms with Crippen molar-refractivity contribution in [1.82, 2.24) is 19.7 Å². The molecule has 2 amide bonds. The first-order valence-electron chi connectivity index (χ1n) is 21.5. The van der Waals surface area contributed by atoms with E-state index in [1.807, 2.05) is 78.2 Å². The van der Waals surface area contributed by atoms with Gasteiger partial charge in [-0.05, 0) is 98.1 Å². The van der Waals surface area contributed by atoms with Gasteiger partial charge < -0.3 is 39.6 Å². The molecule has 15 nitrogen and oxygen atoms in total. The molecule has 6 aromatic rings. The molecule has 0 aliphatic carbocycles. The van der Waals surface area contributed by atoms with Crippen molar-refractivity contribution in [3.8, 4) is 21.9 Å². The van der Waals surface area contributed by atoms with E-state index in [0.29, 0.717) is 94.7 Å². The number of ether oxygens (including phenoxy) is 5. The number of carbonyl (C=O) groups is 2. The highest BCUT2D eigenvalue weighted by molar-refractivity contribution is 7.59. The summed E-state index contributed by atoms with van der Waals surface area (Å²) < 4.78 is 30.5. The quantitative estimate of drug-likeness (QED) is 0.0563. The SMILES string of the molecule is Cc1sc2c(c1C)C(c1ccc(Cl)cc1)=N[C@@H](CC(=O)Nc1ccc(OCCOCCOCCOCCOCCNc3ncccc3-c3ccc4c(c3)CC(=O)N4)cc1)c1nnc(C)n1-2.S. The van der Waals surface area contributed by atoms with Gasteiger partial charge in [0, 0.05) is 50.7 Å². The number of halogens is 1. The zero-order chi connectivity index (χ0) is 45.1. The predicted molar refractivity (Wildman–Crippen MR) is 263 cm³/mol. The number of aryl methyl sites for hydroxylation is 2. The lowest BCUT2D eigenvalue weighted by atomic mass is 9.99. The average molecular weight is 954 g/mol. The summed E-state index contributed by atoms with van der Waals surface area (Å²) in [4.78, 5) is 36.1. The number of nitrogens with zero attached hydrogens (tertiary/aromatic N) is 5. The standard InChI is InChI=1S/C48H51ClN8O7S.H2S/c1-30-31(2)65-48-44(30)45(33-6-9-36(49)10-7-33)54-41(47-56-55-32(3)57(47)48)29-43(59)52-37-11-13-38(14-12-37)64-26-25-63-24-23-62-22-21-61-20-19-60-18-17-51-46-39(5-4-16-50-46)34-8-15-40-35(27-34)28-42(58)53-40;/h4-16,27,41H,17-26,28-29H2,1-3H3,(H,50,51)(H,52,59)(H,53,58);1H2/t41-;/m0./s1. The second-order valence-corrected chi connectivity index (χ2v) is 17.0. The number of thiophene rings is 1. The van der Waals surface area contributed by atoms with Gasteiger partial charge in [-0.3, -0.25) is 19.1 Å². The van der Waals surface area contributed by atoms with Crippen LogP contribution in [-0.4, -0.2) is 103 Å². The largest absolute Gasteiger partial charge is 0.491 e. The molecule has 0 saturated carbocycles. The summed E-state index contributed by atoms with van der Waals surface area (Å²) in [6.07, 6.45) is 2.21. The molecule has 3 N–H and O–H groups in total. The molecule has 0 fully saturated rings. The molecule has 3 aromatic carbocycles. The zero-order valence-corrected chi connectivity index (χ0v) is 39.6. The minimum absolute atomic E-state index is 0. The van der Waals surface area contributed by atoms with E-state index in [4.69, 9.17) is 40.3 Å². The maximum Gasteiger partial charge on any atom is 0.228 e. The lowest BCUT2D eigenvalue weighted by molar-refractivity contribution is -0.117. The van der Waals surface area contributed by atoms with Gasteiger partial charge in [0.2, 0.25) is 11.8 Å². The fourth-order valence-electron chi connectivity index (χ4n) is 7.55. The Morgan fingerprint density at radius 3 is 2.26 bits per heavy atom. The van der Waals surface area contributed by atoms with Gasteiger partial charge in [0.25, 0.3) is 0 Å². The smallest absolute Gasteiger partial charge is 0.228 e. The summed E-state index contributed by atoms with van der Waals surface area (Å²) in [5.74, 6) is 2.60. The lowest BCUT2D eigenvalue weighted by Crippen LogP contribution is -2.17. The Balaban J connectivity index is 0.00000648. The molecule has 0 saturated heterocycles. The van der Waals surface area contributed by atoms with E-state index < -0.39 is 6.04 Å². The fourth-order valence-corrected chi connectivity index (χ4v) is 8.89. The van der Waals surface area contributed by atoms with Gasteiger partial charge in [-0.25, -0.2) is 4.98 Å². The molecular formula is C48H53ClN8O7S2. The summed E-state index contributed by atoms with van der Waals surface area (Å²) in [7, 11) is 0. The van der Waals surface area contributed by atoms with Gasteiger partial charge in [-0.1, -0.05) is 29.8 Å². The van der Waals surface area contributed by atoms with E-state index in [-0.39, 0.29) is 31.7 Å². The van der Waals surface area contributed by atoms with Gasteiger partial charge in [0.15, 0.2) is 5.82 Å². The van der Waals surface area contributed by atoms with Gasteiger partial charge in [0.05, 0.1) is 71.4 Å². The molecule has 8 rings (SSSR count). The number of nitrogens with one attached hydrogen (secondary N) is 3. The number of fused-ring (bicyclic) bond motifs is 4. The summed E-state index contributed by atoms with van der Waals surface area (Å²) >= 11 is 7.91. The van der Waals surface area contributed by atoms with Crippen LogP contribution in [0.15, 0.2) is 90.1 Å². The number of carbonyl (C=O) groups excluding carboxylic acids is 2. The third kappa shape index (κ3) is 12.0. The molecule has 0 radical (unpaired) electrons. The van der Waals surface area contributed by atoms with E-state index in [9.17, 15) is 9.59 Å². The Labute approximate surface area is 399 Å². The average Bonchev–Trinajstić information content (AvgIpc) is 3.94. The monoisotopic (exact) mass is 952 g/mol. The number of amides is 2. The lowest BCUT2D eigenvalue weighted by Gasteiger charge is -2.13. The Morgan fingerprint density at radius 1 is 0.848 bits per heavy atom. The molecule has 0 unspecified atom stereocenters. The first-order valence-corrected chi connectivity index (χ1v) is 22.7. The minimum atomic E-state index is -0.571. The fraction of sp³-hybridized carbons (Fsp3) is 0.333. The van der Waals surface area contributed by atoms with Crippen LogP contribution in [0.2, 0.25) is 5.02 Å². The van der Waals surface area contributed by atoms with Gasteiger partial charge in [-0.2, -0.15) is 13.5 Å². The molecule has 66 heavy (non-hydrogen) atoms. The molecule has 0 bridgehead atoms. The van der Waals surface area contributed by atoms with E-state index in [2.05, 4.69) is 45.0 Å². The Morgan fingerprint density at radius 2 is 1.53 bits per heavy atom. The first kappa shape index (κ1) is 48.3. The number of aromatic nitrogens is 4. The maximum atomic E-state index is 13.5. The van der Waals surface area contributed by atoms with Crippen molar-refractivity contribution in [2.45, 2.75) is 39.7 Å². The second kappa shape index (κ2) is 23.2. The van der Waals surface area contributed by atoms with E-state index >= 15 is 0 Å². The molecule has 5 heterocycles. The highest BCUT2D eigenvalue weighted by Gasteiger charge is 2.32. The molecule has 1 atom stereocenters. The summed E-state index contributed by atoms with van der Waals surface area (Å²) in [5.41, 5.74) is 8.34. The molecule has 2 aliphatic heterocycles. The number of pyridine rings is 1. The molecular weight excluding hydrogens is 900 g/mol. The van der Waals surface area contributed by atoms with Crippen molar-refractivity contribution in [3.63, 3.8) is 0 Å². The third-order valence-corrected chi connectivity index (χ3v) is 12.3. The van der Waals surface area contributed by atoms with Crippen molar-refractivity contribution >= 4 is 71.2 Å². The minimum Gasteiger partial charge on any atom is -0.491 e. The predicted octanol–water partition coefficient (Wildman–Crippen LogP) is 8.06. The molecule has 346 valence electrons. The number of hydrogen-bond donors (Lipinski definition) is 3. The topological polar surface area (TPSA) is 172 Å². The summed E-state index contributed by atoms with van der Waals surface area (Å²) in [6.45, 7) is 10.7. The molecule has 2 aliphatic rings. The highest BCUT2D eigenvalue weighted by Crippen LogP contribution is 2.40. The van der Waals surface area contributed by atoms with Crippen LogP contribution in [0, 0.1) is 20.8 Å². The van der Waals surface area contributed by atoms with E-state index in [1.54, 1.807) is 29.7 Å². The third-order valence-electron chi connectivity index (χ3n) is 10.9. The first-order chi connectivity index (χ1) is 31.7.